The zero-order valence-corrected chi connectivity index (χ0v) is 7.78. The second kappa shape index (κ2) is 4.01. The number of carbonyl (C=O) groups excluding carboxylic acids is 1. The van der Waals surface area contributed by atoms with Gasteiger partial charge in [0.2, 0.25) is 5.91 Å². The second-order valence-corrected chi connectivity index (χ2v) is 2.96. The Morgan fingerprint density at radius 3 is 2.83 bits per heavy atom. The first-order valence-corrected chi connectivity index (χ1v) is 4.07. The number of nitrogens with two attached hydrogens (primary N) is 1. The molecule has 12 heavy (non-hydrogen) atoms. The van der Waals surface area contributed by atoms with Gasteiger partial charge in [0.25, 0.3) is 0 Å². The summed E-state index contributed by atoms with van der Waals surface area (Å²) in [5.41, 5.74) is 5.76. The van der Waals surface area contributed by atoms with E-state index in [0.29, 0.717) is 0 Å². The molecule has 3 nitrogen and oxygen atoms in total. The van der Waals surface area contributed by atoms with Crippen molar-refractivity contribution in [1.29, 1.82) is 0 Å². The highest BCUT2D eigenvalue weighted by Crippen LogP contribution is 2.07. The smallest absolute Gasteiger partial charge is 0.241 e. The fraction of sp³-hybridized carbons (Fsp3) is 0. The summed E-state index contributed by atoms with van der Waals surface area (Å²) in [6, 6.07) is 3.62. The SMILES string of the molecule is NC(=O)/C=C/c1ccc(Br)nc1. The molecule has 62 valence electrons. The average Bonchev–Trinajstić information content (AvgIpc) is 2.03. The van der Waals surface area contributed by atoms with Gasteiger partial charge in [0.15, 0.2) is 0 Å². The van der Waals surface area contributed by atoms with Gasteiger partial charge in [-0.25, -0.2) is 4.98 Å². The minimum Gasteiger partial charge on any atom is -0.366 e. The number of aromatic nitrogens is 1. The summed E-state index contributed by atoms with van der Waals surface area (Å²) in [6.07, 6.45) is 4.55. The van der Waals surface area contributed by atoms with E-state index in [1.807, 2.05) is 6.07 Å². The fourth-order valence-corrected chi connectivity index (χ4v) is 0.899. The Bertz CT molecular complexity index is 305. The molecule has 0 atom stereocenters. The molecule has 0 aliphatic heterocycles. The molecule has 0 radical (unpaired) electrons. The molecule has 0 saturated heterocycles. The zero-order valence-electron chi connectivity index (χ0n) is 6.20. The molecule has 0 aromatic carbocycles. The minimum atomic E-state index is -0.460. The van der Waals surface area contributed by atoms with Gasteiger partial charge >= 0.3 is 0 Å². The van der Waals surface area contributed by atoms with Crippen LogP contribution in [0, 0.1) is 0 Å². The maximum Gasteiger partial charge on any atom is 0.241 e. The standard InChI is InChI=1S/C8H7BrN2O/c9-7-3-1-6(5-11-7)2-4-8(10)12/h1-5H,(H2,10,12)/b4-2+. The van der Waals surface area contributed by atoms with Gasteiger partial charge in [-0.1, -0.05) is 6.07 Å². The van der Waals surface area contributed by atoms with Crippen LogP contribution in [0.1, 0.15) is 5.56 Å². The van der Waals surface area contributed by atoms with E-state index in [-0.39, 0.29) is 0 Å². The van der Waals surface area contributed by atoms with Crippen LogP contribution in [0.3, 0.4) is 0 Å². The van der Waals surface area contributed by atoms with Crippen molar-refractivity contribution in [3.8, 4) is 0 Å². The molecule has 1 heterocycles. The van der Waals surface area contributed by atoms with Gasteiger partial charge < -0.3 is 5.73 Å². The van der Waals surface area contributed by atoms with Crippen molar-refractivity contribution in [1.82, 2.24) is 4.98 Å². The largest absolute Gasteiger partial charge is 0.366 e. The molecule has 0 fully saturated rings. The van der Waals surface area contributed by atoms with Gasteiger partial charge in [0.1, 0.15) is 4.60 Å². The van der Waals surface area contributed by atoms with E-state index in [9.17, 15) is 4.79 Å². The van der Waals surface area contributed by atoms with Crippen LogP contribution in [0.2, 0.25) is 0 Å². The van der Waals surface area contributed by atoms with Crippen molar-refractivity contribution >= 4 is 27.9 Å². The van der Waals surface area contributed by atoms with E-state index in [0.717, 1.165) is 10.2 Å². The molecule has 0 saturated carbocycles. The number of carbonyl (C=O) groups is 1. The predicted octanol–water partition coefficient (Wildman–Crippen LogP) is 1.34. The first-order valence-electron chi connectivity index (χ1n) is 3.27. The highest BCUT2D eigenvalue weighted by Gasteiger charge is 1.89. The Balaban J connectivity index is 2.77. The third kappa shape index (κ3) is 2.84. The summed E-state index contributed by atoms with van der Waals surface area (Å²) in [5.74, 6) is -0.460. The van der Waals surface area contributed by atoms with E-state index >= 15 is 0 Å². The number of pyridine rings is 1. The Kier molecular flexibility index (Phi) is 2.99. The Hall–Kier alpha value is -1.16. The fourth-order valence-electron chi connectivity index (χ4n) is 0.664. The monoisotopic (exact) mass is 226 g/mol. The molecule has 1 aromatic heterocycles. The van der Waals surface area contributed by atoms with Crippen molar-refractivity contribution in [2.24, 2.45) is 5.73 Å². The Labute approximate surface area is 78.4 Å². The van der Waals surface area contributed by atoms with Crippen LogP contribution >= 0.6 is 15.9 Å². The highest BCUT2D eigenvalue weighted by molar-refractivity contribution is 9.10. The minimum absolute atomic E-state index is 0.460. The van der Waals surface area contributed by atoms with Gasteiger partial charge in [-0.3, -0.25) is 4.79 Å². The van der Waals surface area contributed by atoms with Crippen LogP contribution in [0.4, 0.5) is 0 Å². The number of primary amides is 1. The van der Waals surface area contributed by atoms with Crippen LogP contribution in [-0.2, 0) is 4.79 Å². The summed E-state index contributed by atoms with van der Waals surface area (Å²) in [6.45, 7) is 0. The molecule has 1 rings (SSSR count). The van der Waals surface area contributed by atoms with Gasteiger partial charge in [-0.15, -0.1) is 0 Å². The van der Waals surface area contributed by atoms with Crippen molar-refractivity contribution in [2.75, 3.05) is 0 Å². The summed E-state index contributed by atoms with van der Waals surface area (Å²) in [7, 11) is 0. The lowest BCUT2D eigenvalue weighted by Gasteiger charge is -1.91. The number of amides is 1. The first-order chi connectivity index (χ1) is 5.68. The topological polar surface area (TPSA) is 56.0 Å². The molecule has 1 amide bonds. The van der Waals surface area contributed by atoms with Crippen molar-refractivity contribution in [3.05, 3.63) is 34.6 Å². The number of halogens is 1. The maximum atomic E-state index is 10.3. The molecular weight excluding hydrogens is 220 g/mol. The van der Waals surface area contributed by atoms with Crippen LogP contribution in [0.25, 0.3) is 6.08 Å². The molecule has 2 N–H and O–H groups in total. The lowest BCUT2D eigenvalue weighted by Crippen LogP contribution is -2.05. The molecule has 0 unspecified atom stereocenters. The van der Waals surface area contributed by atoms with Crippen LogP contribution < -0.4 is 5.73 Å². The summed E-state index contributed by atoms with van der Waals surface area (Å²) in [5, 5.41) is 0. The molecule has 0 aliphatic carbocycles. The molecule has 0 aliphatic rings. The van der Waals surface area contributed by atoms with E-state index in [1.165, 1.54) is 6.08 Å². The van der Waals surface area contributed by atoms with Gasteiger partial charge in [0, 0.05) is 12.3 Å². The predicted molar refractivity (Wildman–Crippen MR) is 50.2 cm³/mol. The highest BCUT2D eigenvalue weighted by atomic mass is 79.9. The van der Waals surface area contributed by atoms with Gasteiger partial charge in [-0.2, -0.15) is 0 Å². The van der Waals surface area contributed by atoms with E-state index in [4.69, 9.17) is 5.73 Å². The van der Waals surface area contributed by atoms with E-state index < -0.39 is 5.91 Å². The molecular formula is C8H7BrN2O. The molecule has 4 heteroatoms. The lowest BCUT2D eigenvalue weighted by atomic mass is 10.2. The average molecular weight is 227 g/mol. The molecule has 0 spiro atoms. The Morgan fingerprint density at radius 1 is 1.58 bits per heavy atom. The van der Waals surface area contributed by atoms with Gasteiger partial charge in [-0.05, 0) is 33.6 Å². The second-order valence-electron chi connectivity index (χ2n) is 2.15. The number of rotatable bonds is 2. The zero-order chi connectivity index (χ0) is 8.97. The van der Waals surface area contributed by atoms with Crippen molar-refractivity contribution < 1.29 is 4.79 Å². The quantitative estimate of drug-likeness (QED) is 0.612. The normalized spacial score (nSPS) is 10.4. The van der Waals surface area contributed by atoms with Crippen molar-refractivity contribution in [2.45, 2.75) is 0 Å². The van der Waals surface area contributed by atoms with Gasteiger partial charge in [0.05, 0.1) is 0 Å². The number of hydrogen-bond donors (Lipinski definition) is 1. The summed E-state index contributed by atoms with van der Waals surface area (Å²) in [4.78, 5) is 14.3. The molecule has 1 aromatic rings. The van der Waals surface area contributed by atoms with Crippen LogP contribution in [0.5, 0.6) is 0 Å². The van der Waals surface area contributed by atoms with Crippen molar-refractivity contribution in [3.63, 3.8) is 0 Å². The first kappa shape index (κ1) is 8.93. The third-order valence-electron chi connectivity index (χ3n) is 1.19. The van der Waals surface area contributed by atoms with Crippen LogP contribution in [-0.4, -0.2) is 10.9 Å². The number of hydrogen-bond acceptors (Lipinski definition) is 2. The summed E-state index contributed by atoms with van der Waals surface area (Å²) >= 11 is 3.20. The van der Waals surface area contributed by atoms with Crippen LogP contribution in [0.15, 0.2) is 29.0 Å². The number of nitrogens with zero attached hydrogens (tertiary/aromatic N) is 1. The maximum absolute atomic E-state index is 10.3. The van der Waals surface area contributed by atoms with E-state index in [2.05, 4.69) is 20.9 Å². The molecule has 0 bridgehead atoms. The lowest BCUT2D eigenvalue weighted by molar-refractivity contribution is -0.113. The Morgan fingerprint density at radius 2 is 2.33 bits per heavy atom. The van der Waals surface area contributed by atoms with E-state index in [1.54, 1.807) is 18.3 Å². The third-order valence-corrected chi connectivity index (χ3v) is 1.66. The summed E-state index contributed by atoms with van der Waals surface area (Å²) < 4.78 is 0.763.